The lowest BCUT2D eigenvalue weighted by molar-refractivity contribution is -0.384. The number of amides is 1. The first-order valence-electron chi connectivity index (χ1n) is 8.90. The highest BCUT2D eigenvalue weighted by Crippen LogP contribution is 2.36. The fourth-order valence-electron chi connectivity index (χ4n) is 3.38. The van der Waals surface area contributed by atoms with Crippen molar-refractivity contribution in [1.29, 1.82) is 0 Å². The number of carbonyl (C=O) groups excluding carboxylic acids is 1. The Morgan fingerprint density at radius 3 is 2.38 bits per heavy atom. The molecule has 3 aromatic rings. The Kier molecular flexibility index (Phi) is 4.34. The summed E-state index contributed by atoms with van der Waals surface area (Å²) in [6.45, 7) is 3.73. The number of carbonyl (C=O) groups is 1. The van der Waals surface area contributed by atoms with Crippen LogP contribution in [0, 0.1) is 17.0 Å². The van der Waals surface area contributed by atoms with E-state index in [9.17, 15) is 14.9 Å². The van der Waals surface area contributed by atoms with Crippen LogP contribution in [0.4, 0.5) is 11.6 Å². The molecular formula is C20H18N6O3. The predicted molar refractivity (Wildman–Crippen MR) is 107 cm³/mol. The zero-order chi connectivity index (χ0) is 20.7. The van der Waals surface area contributed by atoms with Gasteiger partial charge in [-0.3, -0.25) is 14.9 Å². The summed E-state index contributed by atoms with van der Waals surface area (Å²) in [6, 6.07) is 13.1. The number of non-ortho nitro benzene ring substituents is 1. The highest BCUT2D eigenvalue weighted by atomic mass is 16.6. The summed E-state index contributed by atoms with van der Waals surface area (Å²) in [5.41, 5.74) is 9.10. The molecule has 3 N–H and O–H groups in total. The molecule has 1 atom stereocenters. The second-order valence-corrected chi connectivity index (χ2v) is 6.85. The lowest BCUT2D eigenvalue weighted by atomic mass is 9.95. The minimum absolute atomic E-state index is 0.0387. The highest BCUT2D eigenvalue weighted by Gasteiger charge is 2.33. The molecule has 0 saturated heterocycles. The first kappa shape index (κ1) is 18.4. The number of rotatable bonds is 4. The van der Waals surface area contributed by atoms with E-state index in [0.29, 0.717) is 28.6 Å². The summed E-state index contributed by atoms with van der Waals surface area (Å²) in [5.74, 6) is 0.362. The zero-order valence-electron chi connectivity index (χ0n) is 15.8. The van der Waals surface area contributed by atoms with Crippen molar-refractivity contribution >= 4 is 17.5 Å². The van der Waals surface area contributed by atoms with Crippen molar-refractivity contribution in [2.75, 3.05) is 5.32 Å². The van der Waals surface area contributed by atoms with Crippen LogP contribution in [-0.2, 0) is 4.79 Å². The van der Waals surface area contributed by atoms with Gasteiger partial charge in [0, 0.05) is 23.4 Å². The number of benzene rings is 2. The number of nitro groups is 1. The molecule has 9 heteroatoms. The summed E-state index contributed by atoms with van der Waals surface area (Å²) >= 11 is 0. The zero-order valence-corrected chi connectivity index (χ0v) is 15.8. The summed E-state index contributed by atoms with van der Waals surface area (Å²) in [4.78, 5) is 27.3. The summed E-state index contributed by atoms with van der Waals surface area (Å²) in [7, 11) is 0. The minimum atomic E-state index is -0.642. The van der Waals surface area contributed by atoms with E-state index < -0.39 is 16.9 Å². The minimum Gasteiger partial charge on any atom is -0.366 e. The van der Waals surface area contributed by atoms with Crippen LogP contribution < -0.4 is 11.1 Å². The van der Waals surface area contributed by atoms with Gasteiger partial charge < -0.3 is 11.1 Å². The maximum Gasteiger partial charge on any atom is 0.269 e. The van der Waals surface area contributed by atoms with Gasteiger partial charge in [-0.1, -0.05) is 29.8 Å². The monoisotopic (exact) mass is 390 g/mol. The van der Waals surface area contributed by atoms with E-state index in [1.165, 1.54) is 12.1 Å². The van der Waals surface area contributed by atoms with Gasteiger partial charge in [-0.15, -0.1) is 5.10 Å². The highest BCUT2D eigenvalue weighted by molar-refractivity contribution is 5.95. The lowest BCUT2D eigenvalue weighted by Crippen LogP contribution is -2.31. The van der Waals surface area contributed by atoms with E-state index in [0.717, 1.165) is 11.1 Å². The topological polar surface area (TPSA) is 129 Å². The number of anilines is 1. The molecule has 0 spiro atoms. The third kappa shape index (κ3) is 3.22. The molecule has 0 radical (unpaired) electrons. The fraction of sp³-hybridized carbons (Fsp3) is 0.150. The van der Waals surface area contributed by atoms with Gasteiger partial charge in [-0.25, -0.2) is 4.68 Å². The number of nitro benzene ring substituents is 1. The lowest BCUT2D eigenvalue weighted by Gasteiger charge is -2.27. The number of aromatic nitrogens is 3. The van der Waals surface area contributed by atoms with Gasteiger partial charge in [0.15, 0.2) is 5.82 Å². The number of aryl methyl sites for hydroxylation is 1. The van der Waals surface area contributed by atoms with Crippen LogP contribution in [0.2, 0.25) is 0 Å². The quantitative estimate of drug-likeness (QED) is 0.520. The third-order valence-corrected chi connectivity index (χ3v) is 4.85. The van der Waals surface area contributed by atoms with Crippen molar-refractivity contribution in [3.63, 3.8) is 0 Å². The number of nitrogens with one attached hydrogen (secondary N) is 1. The van der Waals surface area contributed by atoms with Crippen LogP contribution in [-0.4, -0.2) is 25.6 Å². The number of hydrogen-bond acceptors (Lipinski definition) is 6. The van der Waals surface area contributed by atoms with Crippen LogP contribution in [0.3, 0.4) is 0 Å². The third-order valence-electron chi connectivity index (χ3n) is 4.85. The molecule has 4 rings (SSSR count). The molecule has 0 aliphatic carbocycles. The van der Waals surface area contributed by atoms with Gasteiger partial charge in [0.1, 0.15) is 6.04 Å². The van der Waals surface area contributed by atoms with Crippen LogP contribution in [0.5, 0.6) is 0 Å². The van der Waals surface area contributed by atoms with Gasteiger partial charge in [-0.2, -0.15) is 4.98 Å². The standard InChI is InChI=1S/C20H18N6O3/c1-11-3-5-14(6-4-11)19-23-20-22-12(2)16(18(21)27)17(25(20)24-19)13-7-9-15(10-8-13)26(28)29/h3-10,17H,1-2H3,(H2,21,27)(H,22,23,24). The summed E-state index contributed by atoms with van der Waals surface area (Å²) < 4.78 is 1.59. The Hall–Kier alpha value is -4.01. The molecule has 0 saturated carbocycles. The number of hydrogen-bond donors (Lipinski definition) is 2. The fourth-order valence-corrected chi connectivity index (χ4v) is 3.38. The molecule has 0 bridgehead atoms. The van der Waals surface area contributed by atoms with Crippen molar-refractivity contribution in [2.24, 2.45) is 5.73 Å². The molecule has 9 nitrogen and oxygen atoms in total. The molecule has 1 aromatic heterocycles. The van der Waals surface area contributed by atoms with E-state index in [2.05, 4.69) is 15.4 Å². The van der Waals surface area contributed by atoms with Gasteiger partial charge in [0.25, 0.3) is 5.69 Å². The molecule has 0 fully saturated rings. The predicted octanol–water partition coefficient (Wildman–Crippen LogP) is 2.94. The normalized spacial score (nSPS) is 15.6. The Labute approximate surface area is 166 Å². The van der Waals surface area contributed by atoms with Crippen LogP contribution in [0.25, 0.3) is 11.4 Å². The second-order valence-electron chi connectivity index (χ2n) is 6.85. The first-order valence-corrected chi connectivity index (χ1v) is 8.90. The van der Waals surface area contributed by atoms with Crippen molar-refractivity contribution in [1.82, 2.24) is 14.8 Å². The molecule has 146 valence electrons. The summed E-state index contributed by atoms with van der Waals surface area (Å²) in [6.07, 6.45) is 0. The van der Waals surface area contributed by atoms with Gasteiger partial charge in [0.05, 0.1) is 10.5 Å². The number of nitrogens with two attached hydrogens (primary N) is 1. The van der Waals surface area contributed by atoms with Crippen LogP contribution >= 0.6 is 0 Å². The number of primary amides is 1. The average molecular weight is 390 g/mol. The Balaban J connectivity index is 1.84. The molecule has 1 aliphatic heterocycles. The molecular weight excluding hydrogens is 372 g/mol. The van der Waals surface area contributed by atoms with Crippen molar-refractivity contribution in [2.45, 2.75) is 19.9 Å². The summed E-state index contributed by atoms with van der Waals surface area (Å²) in [5, 5.41) is 18.7. The van der Waals surface area contributed by atoms with E-state index in [1.807, 2.05) is 31.2 Å². The van der Waals surface area contributed by atoms with Crippen molar-refractivity contribution in [3.8, 4) is 11.4 Å². The molecule has 1 amide bonds. The molecule has 2 heterocycles. The van der Waals surface area contributed by atoms with Gasteiger partial charge in [-0.05, 0) is 31.5 Å². The van der Waals surface area contributed by atoms with Gasteiger partial charge in [0.2, 0.25) is 11.9 Å². The average Bonchev–Trinajstić information content (AvgIpc) is 3.10. The van der Waals surface area contributed by atoms with Crippen LogP contribution in [0.15, 0.2) is 59.8 Å². The smallest absolute Gasteiger partial charge is 0.269 e. The van der Waals surface area contributed by atoms with Crippen molar-refractivity contribution in [3.05, 3.63) is 81.0 Å². The van der Waals surface area contributed by atoms with Crippen LogP contribution in [0.1, 0.15) is 24.1 Å². The molecule has 29 heavy (non-hydrogen) atoms. The maximum atomic E-state index is 12.2. The number of allylic oxidation sites excluding steroid dienone is 1. The first-order chi connectivity index (χ1) is 13.8. The Morgan fingerprint density at radius 2 is 1.79 bits per heavy atom. The number of fused-ring (bicyclic) bond motifs is 1. The maximum absolute atomic E-state index is 12.2. The Morgan fingerprint density at radius 1 is 1.14 bits per heavy atom. The van der Waals surface area contributed by atoms with E-state index >= 15 is 0 Å². The molecule has 1 aliphatic rings. The number of nitrogens with zero attached hydrogens (tertiary/aromatic N) is 4. The molecule has 2 aromatic carbocycles. The van der Waals surface area contributed by atoms with Crippen molar-refractivity contribution < 1.29 is 9.72 Å². The molecule has 1 unspecified atom stereocenters. The SMILES string of the molecule is CC1=C(C(N)=O)C(c2ccc([N+](=O)[O-])cc2)n2nc(-c3ccc(C)cc3)nc2N1. The Bertz CT molecular complexity index is 1150. The van der Waals surface area contributed by atoms with Gasteiger partial charge >= 0.3 is 0 Å². The second kappa shape index (κ2) is 6.86. The van der Waals surface area contributed by atoms with E-state index in [-0.39, 0.29) is 5.69 Å². The van der Waals surface area contributed by atoms with E-state index in [1.54, 1.807) is 23.7 Å². The van der Waals surface area contributed by atoms with E-state index in [4.69, 9.17) is 5.73 Å². The largest absolute Gasteiger partial charge is 0.366 e.